The van der Waals surface area contributed by atoms with E-state index in [1.165, 1.54) is 5.56 Å². The molecule has 0 saturated carbocycles. The van der Waals surface area contributed by atoms with Crippen LogP contribution < -0.4 is 5.73 Å². The first-order valence-corrected chi connectivity index (χ1v) is 6.79. The fraction of sp³-hybridized carbons (Fsp3) is 0.533. The van der Waals surface area contributed by atoms with Gasteiger partial charge in [0.1, 0.15) is 0 Å². The quantitative estimate of drug-likeness (QED) is 0.798. The van der Waals surface area contributed by atoms with E-state index in [2.05, 4.69) is 19.1 Å². The summed E-state index contributed by atoms with van der Waals surface area (Å²) in [5, 5.41) is 0. The van der Waals surface area contributed by atoms with Gasteiger partial charge >= 0.3 is 0 Å². The van der Waals surface area contributed by atoms with Crippen LogP contribution in [0.25, 0.3) is 0 Å². The second-order valence-corrected chi connectivity index (χ2v) is 4.55. The largest absolute Gasteiger partial charge is 0.338 e. The van der Waals surface area contributed by atoms with Crippen molar-refractivity contribution in [2.24, 2.45) is 5.73 Å². The van der Waals surface area contributed by atoms with Crippen LogP contribution in [0.1, 0.15) is 38.2 Å². The highest BCUT2D eigenvalue weighted by Crippen LogP contribution is 2.08. The van der Waals surface area contributed by atoms with Gasteiger partial charge in [-0.15, -0.1) is 12.4 Å². The first kappa shape index (κ1) is 17.9. The van der Waals surface area contributed by atoms with Crippen LogP contribution in [0.15, 0.2) is 30.3 Å². The molecule has 2 N–H and O–H groups in total. The van der Waals surface area contributed by atoms with Crippen molar-refractivity contribution in [3.63, 3.8) is 0 Å². The van der Waals surface area contributed by atoms with Crippen LogP contribution in [-0.4, -0.2) is 23.9 Å². The molecule has 0 aliphatic heterocycles. The average Bonchev–Trinajstić information content (AvgIpc) is 2.42. The molecule has 1 amide bonds. The second kappa shape index (κ2) is 10.8. The van der Waals surface area contributed by atoms with Crippen LogP contribution in [0.5, 0.6) is 0 Å². The zero-order chi connectivity index (χ0) is 13.2. The lowest BCUT2D eigenvalue weighted by Crippen LogP contribution is -2.32. The molecule has 1 aromatic rings. The molecule has 0 spiro atoms. The highest BCUT2D eigenvalue weighted by molar-refractivity contribution is 5.85. The molecule has 4 heteroatoms. The molecule has 0 unspecified atom stereocenters. The molecular weight excluding hydrogens is 260 g/mol. The summed E-state index contributed by atoms with van der Waals surface area (Å²) in [6, 6.07) is 10.1. The fourth-order valence-electron chi connectivity index (χ4n) is 1.86. The molecule has 0 fully saturated rings. The molecule has 0 aliphatic carbocycles. The molecule has 1 aromatic carbocycles. The summed E-state index contributed by atoms with van der Waals surface area (Å²) in [4.78, 5) is 14.0. The fourth-order valence-corrected chi connectivity index (χ4v) is 1.86. The van der Waals surface area contributed by atoms with Crippen LogP contribution in [-0.2, 0) is 11.3 Å². The number of rotatable bonds is 8. The summed E-state index contributed by atoms with van der Waals surface area (Å²) in [5.41, 5.74) is 6.71. The summed E-state index contributed by atoms with van der Waals surface area (Å²) < 4.78 is 0. The van der Waals surface area contributed by atoms with Gasteiger partial charge in [-0.25, -0.2) is 0 Å². The number of halogens is 1. The molecule has 1 rings (SSSR count). The van der Waals surface area contributed by atoms with E-state index in [9.17, 15) is 4.79 Å². The van der Waals surface area contributed by atoms with E-state index < -0.39 is 0 Å². The minimum Gasteiger partial charge on any atom is -0.338 e. The topological polar surface area (TPSA) is 46.3 Å². The third-order valence-electron chi connectivity index (χ3n) is 2.95. The average molecular weight is 285 g/mol. The van der Waals surface area contributed by atoms with Crippen molar-refractivity contribution >= 4 is 18.3 Å². The highest BCUT2D eigenvalue weighted by Gasteiger charge is 2.12. The van der Waals surface area contributed by atoms with Gasteiger partial charge < -0.3 is 10.6 Å². The van der Waals surface area contributed by atoms with E-state index in [0.29, 0.717) is 19.5 Å². The Bertz CT molecular complexity index is 343. The molecule has 0 heterocycles. The smallest absolute Gasteiger partial charge is 0.222 e. The number of nitrogens with two attached hydrogens (primary N) is 1. The number of unbranched alkanes of at least 4 members (excludes halogenated alkanes) is 1. The molecule has 19 heavy (non-hydrogen) atoms. The summed E-state index contributed by atoms with van der Waals surface area (Å²) in [6.07, 6.45) is 3.53. The monoisotopic (exact) mass is 284 g/mol. The lowest BCUT2D eigenvalue weighted by Gasteiger charge is -2.22. The maximum Gasteiger partial charge on any atom is 0.222 e. The van der Waals surface area contributed by atoms with E-state index in [4.69, 9.17) is 5.73 Å². The second-order valence-electron chi connectivity index (χ2n) is 4.55. The van der Waals surface area contributed by atoms with Gasteiger partial charge in [-0.3, -0.25) is 4.79 Å². The SMILES string of the molecule is CCCCC(=O)N(CCCN)Cc1ccccc1.Cl. The first-order chi connectivity index (χ1) is 8.77. The summed E-state index contributed by atoms with van der Waals surface area (Å²) in [5.74, 6) is 0.245. The van der Waals surface area contributed by atoms with E-state index in [0.717, 1.165) is 25.8 Å². The Balaban J connectivity index is 0.00000324. The third kappa shape index (κ3) is 7.19. The van der Waals surface area contributed by atoms with Crippen molar-refractivity contribution in [3.05, 3.63) is 35.9 Å². The van der Waals surface area contributed by atoms with Gasteiger partial charge in [-0.2, -0.15) is 0 Å². The van der Waals surface area contributed by atoms with Crippen LogP contribution in [0.2, 0.25) is 0 Å². The van der Waals surface area contributed by atoms with Crippen molar-refractivity contribution in [1.82, 2.24) is 4.90 Å². The van der Waals surface area contributed by atoms with Crippen molar-refractivity contribution in [2.75, 3.05) is 13.1 Å². The highest BCUT2D eigenvalue weighted by atomic mass is 35.5. The number of benzene rings is 1. The van der Waals surface area contributed by atoms with Crippen LogP contribution in [0.4, 0.5) is 0 Å². The number of carbonyl (C=O) groups is 1. The number of amides is 1. The molecule has 108 valence electrons. The predicted octanol–water partition coefficient (Wildman–Crippen LogP) is 2.98. The van der Waals surface area contributed by atoms with Crippen molar-refractivity contribution in [2.45, 2.75) is 39.2 Å². The van der Waals surface area contributed by atoms with Gasteiger partial charge in [0, 0.05) is 19.5 Å². The third-order valence-corrected chi connectivity index (χ3v) is 2.95. The van der Waals surface area contributed by atoms with Crippen molar-refractivity contribution < 1.29 is 4.79 Å². The summed E-state index contributed by atoms with van der Waals surface area (Å²) in [6.45, 7) is 4.19. The first-order valence-electron chi connectivity index (χ1n) is 6.79. The van der Waals surface area contributed by atoms with Crippen molar-refractivity contribution in [3.8, 4) is 0 Å². The summed E-state index contributed by atoms with van der Waals surface area (Å²) in [7, 11) is 0. The number of hydrogen-bond donors (Lipinski definition) is 1. The van der Waals surface area contributed by atoms with Gasteiger partial charge in [0.25, 0.3) is 0 Å². The minimum atomic E-state index is 0. The minimum absolute atomic E-state index is 0. The normalized spacial score (nSPS) is 9.79. The lowest BCUT2D eigenvalue weighted by atomic mass is 10.1. The lowest BCUT2D eigenvalue weighted by molar-refractivity contribution is -0.132. The molecule has 0 saturated heterocycles. The Hall–Kier alpha value is -1.06. The molecule has 0 aromatic heterocycles. The zero-order valence-corrected chi connectivity index (χ0v) is 12.5. The molecule has 3 nitrogen and oxygen atoms in total. The Kier molecular flexibility index (Phi) is 10.2. The predicted molar refractivity (Wildman–Crippen MR) is 82.3 cm³/mol. The van der Waals surface area contributed by atoms with Crippen LogP contribution in [0, 0.1) is 0 Å². The zero-order valence-electron chi connectivity index (χ0n) is 11.7. The standard InChI is InChI=1S/C15H24N2O.ClH/c1-2-3-10-15(18)17(12-7-11-16)13-14-8-5-4-6-9-14;/h4-6,8-9H,2-3,7,10-13,16H2,1H3;1H. The molecule has 0 radical (unpaired) electrons. The van der Waals surface area contributed by atoms with Crippen molar-refractivity contribution in [1.29, 1.82) is 0 Å². The maximum absolute atomic E-state index is 12.1. The van der Waals surface area contributed by atoms with Crippen LogP contribution >= 0.6 is 12.4 Å². The van der Waals surface area contributed by atoms with E-state index >= 15 is 0 Å². The molecule has 0 bridgehead atoms. The Morgan fingerprint density at radius 2 is 1.89 bits per heavy atom. The van der Waals surface area contributed by atoms with Gasteiger partial charge in [0.05, 0.1) is 0 Å². The molecule has 0 aliphatic rings. The van der Waals surface area contributed by atoms with E-state index in [1.54, 1.807) is 0 Å². The Labute approximate surface area is 122 Å². The number of hydrogen-bond acceptors (Lipinski definition) is 2. The summed E-state index contributed by atoms with van der Waals surface area (Å²) >= 11 is 0. The van der Waals surface area contributed by atoms with Gasteiger partial charge in [-0.05, 0) is 24.9 Å². The Morgan fingerprint density at radius 1 is 1.21 bits per heavy atom. The van der Waals surface area contributed by atoms with E-state index in [1.807, 2.05) is 23.1 Å². The molecular formula is C15H25ClN2O. The van der Waals surface area contributed by atoms with E-state index in [-0.39, 0.29) is 18.3 Å². The van der Waals surface area contributed by atoms with Gasteiger partial charge in [-0.1, -0.05) is 43.7 Å². The molecule has 0 atom stereocenters. The van der Waals surface area contributed by atoms with Crippen LogP contribution in [0.3, 0.4) is 0 Å². The Morgan fingerprint density at radius 3 is 2.47 bits per heavy atom. The van der Waals surface area contributed by atoms with Gasteiger partial charge in [0.15, 0.2) is 0 Å². The number of nitrogens with zero attached hydrogens (tertiary/aromatic N) is 1. The number of carbonyl (C=O) groups excluding carboxylic acids is 1. The van der Waals surface area contributed by atoms with Gasteiger partial charge in [0.2, 0.25) is 5.91 Å². The maximum atomic E-state index is 12.1.